The van der Waals surface area contributed by atoms with Gasteiger partial charge in [0.05, 0.1) is 19.8 Å². The first-order chi connectivity index (χ1) is 12.5. The van der Waals surface area contributed by atoms with E-state index in [-0.39, 0.29) is 5.56 Å². The molecule has 0 spiro atoms. The molecule has 0 saturated heterocycles. The standard InChI is InChI=1S/C20H22ClNO4/c1-25-18-10-13-6-8-22(9-7-14(13)11-19(18)26-2)12-16-15(20(23)24)4-3-5-17(16)21/h3-5,10-11H,6-9,12H2,1-2H3,(H,23,24). The summed E-state index contributed by atoms with van der Waals surface area (Å²) >= 11 is 6.28. The van der Waals surface area contributed by atoms with Crippen molar-refractivity contribution >= 4 is 17.6 Å². The second-order valence-electron chi connectivity index (χ2n) is 6.32. The first-order valence-electron chi connectivity index (χ1n) is 8.50. The fourth-order valence-electron chi connectivity index (χ4n) is 3.40. The van der Waals surface area contributed by atoms with E-state index >= 15 is 0 Å². The summed E-state index contributed by atoms with van der Waals surface area (Å²) in [6.07, 6.45) is 1.73. The van der Waals surface area contributed by atoms with Gasteiger partial charge in [-0.3, -0.25) is 4.90 Å². The number of carboxylic acids is 1. The van der Waals surface area contributed by atoms with Crippen molar-refractivity contribution < 1.29 is 19.4 Å². The maximum Gasteiger partial charge on any atom is 0.336 e. The highest BCUT2D eigenvalue weighted by atomic mass is 35.5. The third-order valence-electron chi connectivity index (χ3n) is 4.83. The summed E-state index contributed by atoms with van der Waals surface area (Å²) in [6.45, 7) is 2.17. The zero-order valence-electron chi connectivity index (χ0n) is 14.9. The number of aromatic carboxylic acids is 1. The predicted octanol–water partition coefficient (Wildman–Crippen LogP) is 3.66. The number of hydrogen-bond acceptors (Lipinski definition) is 4. The Morgan fingerprint density at radius 2 is 1.69 bits per heavy atom. The van der Waals surface area contributed by atoms with Crippen LogP contribution < -0.4 is 9.47 Å². The monoisotopic (exact) mass is 375 g/mol. The molecule has 2 aromatic rings. The Morgan fingerprint density at radius 3 is 2.19 bits per heavy atom. The van der Waals surface area contributed by atoms with Gasteiger partial charge < -0.3 is 14.6 Å². The molecule has 0 unspecified atom stereocenters. The average Bonchev–Trinajstić information content (AvgIpc) is 2.83. The van der Waals surface area contributed by atoms with Crippen molar-refractivity contribution in [3.63, 3.8) is 0 Å². The second kappa shape index (κ2) is 7.98. The van der Waals surface area contributed by atoms with E-state index in [2.05, 4.69) is 4.90 Å². The summed E-state index contributed by atoms with van der Waals surface area (Å²) in [7, 11) is 3.27. The van der Waals surface area contributed by atoms with E-state index in [4.69, 9.17) is 21.1 Å². The van der Waals surface area contributed by atoms with E-state index in [1.54, 1.807) is 32.4 Å². The highest BCUT2D eigenvalue weighted by Crippen LogP contribution is 2.32. The SMILES string of the molecule is COc1cc2c(cc1OC)CCN(Cc1c(Cl)cccc1C(=O)O)CC2. The van der Waals surface area contributed by atoms with Gasteiger partial charge in [0, 0.05) is 24.7 Å². The van der Waals surface area contributed by atoms with Crippen LogP contribution in [0.4, 0.5) is 0 Å². The number of benzene rings is 2. The van der Waals surface area contributed by atoms with Gasteiger partial charge in [-0.05, 0) is 53.8 Å². The molecule has 0 amide bonds. The van der Waals surface area contributed by atoms with Crippen LogP contribution in [0.25, 0.3) is 0 Å². The average molecular weight is 376 g/mol. The summed E-state index contributed by atoms with van der Waals surface area (Å²) in [5, 5.41) is 9.92. The van der Waals surface area contributed by atoms with Crippen molar-refractivity contribution in [1.29, 1.82) is 0 Å². The molecule has 1 aliphatic heterocycles. The molecule has 0 fully saturated rings. The van der Waals surface area contributed by atoms with E-state index in [0.717, 1.165) is 37.4 Å². The van der Waals surface area contributed by atoms with Gasteiger partial charge in [0.1, 0.15) is 0 Å². The number of carbonyl (C=O) groups is 1. The predicted molar refractivity (Wildman–Crippen MR) is 101 cm³/mol. The minimum Gasteiger partial charge on any atom is -0.493 e. The van der Waals surface area contributed by atoms with E-state index in [0.29, 0.717) is 17.1 Å². The van der Waals surface area contributed by atoms with Crippen molar-refractivity contribution in [2.75, 3.05) is 27.3 Å². The molecule has 5 nitrogen and oxygen atoms in total. The molecule has 0 aromatic heterocycles. The highest BCUT2D eigenvalue weighted by molar-refractivity contribution is 6.31. The van der Waals surface area contributed by atoms with Crippen molar-refractivity contribution in [2.45, 2.75) is 19.4 Å². The minimum atomic E-state index is -0.949. The Kier molecular flexibility index (Phi) is 5.69. The van der Waals surface area contributed by atoms with Crippen LogP contribution in [0.5, 0.6) is 11.5 Å². The Morgan fingerprint density at radius 1 is 1.12 bits per heavy atom. The van der Waals surface area contributed by atoms with Crippen LogP contribution >= 0.6 is 11.6 Å². The van der Waals surface area contributed by atoms with Crippen molar-refractivity contribution in [1.82, 2.24) is 4.90 Å². The van der Waals surface area contributed by atoms with Crippen molar-refractivity contribution in [3.05, 3.63) is 57.6 Å². The Balaban J connectivity index is 1.81. The van der Waals surface area contributed by atoms with Crippen LogP contribution in [0, 0.1) is 0 Å². The van der Waals surface area contributed by atoms with Crippen LogP contribution in [0.3, 0.4) is 0 Å². The molecule has 26 heavy (non-hydrogen) atoms. The molecule has 138 valence electrons. The van der Waals surface area contributed by atoms with Gasteiger partial charge in [-0.25, -0.2) is 4.79 Å². The van der Waals surface area contributed by atoms with Crippen LogP contribution in [-0.2, 0) is 19.4 Å². The number of methoxy groups -OCH3 is 2. The third kappa shape index (κ3) is 3.79. The van der Waals surface area contributed by atoms with Crippen molar-refractivity contribution in [2.24, 2.45) is 0 Å². The molecule has 0 bridgehead atoms. The van der Waals surface area contributed by atoms with Gasteiger partial charge in [-0.15, -0.1) is 0 Å². The first-order valence-corrected chi connectivity index (χ1v) is 8.88. The maximum absolute atomic E-state index is 11.5. The molecule has 0 aliphatic carbocycles. The largest absolute Gasteiger partial charge is 0.493 e. The number of rotatable bonds is 5. The molecule has 2 aromatic carbocycles. The lowest BCUT2D eigenvalue weighted by Crippen LogP contribution is -2.27. The van der Waals surface area contributed by atoms with Crippen LogP contribution in [0.15, 0.2) is 30.3 Å². The summed E-state index contributed by atoms with van der Waals surface area (Å²) in [5.41, 5.74) is 3.41. The zero-order chi connectivity index (χ0) is 18.7. The van der Waals surface area contributed by atoms with Gasteiger partial charge in [0.15, 0.2) is 11.5 Å². The minimum absolute atomic E-state index is 0.266. The quantitative estimate of drug-likeness (QED) is 0.864. The number of hydrogen-bond donors (Lipinski definition) is 1. The molecular weight excluding hydrogens is 354 g/mol. The zero-order valence-corrected chi connectivity index (χ0v) is 15.7. The topological polar surface area (TPSA) is 59.0 Å². The summed E-state index contributed by atoms with van der Waals surface area (Å²) in [6, 6.07) is 9.09. The molecule has 1 N–H and O–H groups in total. The summed E-state index contributed by atoms with van der Waals surface area (Å²) in [4.78, 5) is 13.7. The third-order valence-corrected chi connectivity index (χ3v) is 5.19. The lowest BCUT2D eigenvalue weighted by Gasteiger charge is -2.21. The van der Waals surface area contributed by atoms with Gasteiger partial charge in [0.25, 0.3) is 0 Å². The van der Waals surface area contributed by atoms with Gasteiger partial charge in [-0.1, -0.05) is 17.7 Å². The van der Waals surface area contributed by atoms with E-state index in [1.165, 1.54) is 11.1 Å². The second-order valence-corrected chi connectivity index (χ2v) is 6.73. The lowest BCUT2D eigenvalue weighted by molar-refractivity contribution is 0.0694. The number of nitrogens with zero attached hydrogens (tertiary/aromatic N) is 1. The Labute approximate surface area is 158 Å². The molecule has 0 radical (unpaired) electrons. The first kappa shape index (κ1) is 18.5. The summed E-state index contributed by atoms with van der Waals surface area (Å²) in [5.74, 6) is 0.521. The summed E-state index contributed by atoms with van der Waals surface area (Å²) < 4.78 is 10.8. The highest BCUT2D eigenvalue weighted by Gasteiger charge is 2.20. The van der Waals surface area contributed by atoms with E-state index in [9.17, 15) is 9.90 Å². The molecule has 0 saturated carbocycles. The number of halogens is 1. The fourth-order valence-corrected chi connectivity index (χ4v) is 3.63. The fraction of sp³-hybridized carbons (Fsp3) is 0.350. The number of fused-ring (bicyclic) bond motifs is 1. The van der Waals surface area contributed by atoms with Crippen LogP contribution in [0.1, 0.15) is 27.0 Å². The lowest BCUT2D eigenvalue weighted by atomic mass is 10.0. The molecule has 6 heteroatoms. The van der Waals surface area contributed by atoms with E-state index in [1.807, 2.05) is 12.1 Å². The Bertz CT molecular complexity index is 787. The van der Waals surface area contributed by atoms with Gasteiger partial charge in [0.2, 0.25) is 0 Å². The van der Waals surface area contributed by atoms with Crippen molar-refractivity contribution in [3.8, 4) is 11.5 Å². The van der Waals surface area contributed by atoms with E-state index < -0.39 is 5.97 Å². The normalized spacial score (nSPS) is 14.4. The molecular formula is C20H22ClNO4. The van der Waals surface area contributed by atoms with Crippen LogP contribution in [0.2, 0.25) is 5.02 Å². The Hall–Kier alpha value is -2.24. The molecule has 3 rings (SSSR count). The van der Waals surface area contributed by atoms with Gasteiger partial charge in [-0.2, -0.15) is 0 Å². The molecule has 1 heterocycles. The number of ether oxygens (including phenoxy) is 2. The smallest absolute Gasteiger partial charge is 0.336 e. The number of carboxylic acid groups (broad SMARTS) is 1. The maximum atomic E-state index is 11.5. The van der Waals surface area contributed by atoms with Gasteiger partial charge >= 0.3 is 5.97 Å². The van der Waals surface area contributed by atoms with Crippen LogP contribution in [-0.4, -0.2) is 43.3 Å². The molecule has 0 atom stereocenters. The molecule has 1 aliphatic rings.